The third kappa shape index (κ3) is 2.13. The van der Waals surface area contributed by atoms with Crippen molar-refractivity contribution < 1.29 is 0 Å². The summed E-state index contributed by atoms with van der Waals surface area (Å²) in [5, 5.41) is 3.22. The van der Waals surface area contributed by atoms with Gasteiger partial charge in [-0.1, -0.05) is 19.4 Å². The molecule has 0 aliphatic carbocycles. The first-order valence-corrected chi connectivity index (χ1v) is 6.42. The van der Waals surface area contributed by atoms with Gasteiger partial charge in [0.1, 0.15) is 0 Å². The molecule has 0 fully saturated rings. The van der Waals surface area contributed by atoms with Crippen molar-refractivity contribution in [2.75, 3.05) is 0 Å². The predicted octanol–water partition coefficient (Wildman–Crippen LogP) is 3.04. The summed E-state index contributed by atoms with van der Waals surface area (Å²) in [6, 6.07) is 6.07. The summed E-state index contributed by atoms with van der Waals surface area (Å²) in [7, 11) is 0. The standard InChI is InChI=1S/C15H20N2O/c1-5-6-14-12(4)15(18)17(16-14)13-8-7-10(2)11(3)9-13/h7-9,16H,5-6H2,1-4H3. The monoisotopic (exact) mass is 244 g/mol. The summed E-state index contributed by atoms with van der Waals surface area (Å²) in [6.45, 7) is 8.14. The van der Waals surface area contributed by atoms with Crippen LogP contribution in [0.5, 0.6) is 0 Å². The Kier molecular flexibility index (Phi) is 3.41. The number of hydrogen-bond donors (Lipinski definition) is 1. The minimum Gasteiger partial charge on any atom is -0.295 e. The summed E-state index contributed by atoms with van der Waals surface area (Å²) >= 11 is 0. The highest BCUT2D eigenvalue weighted by atomic mass is 16.1. The summed E-state index contributed by atoms with van der Waals surface area (Å²) in [6.07, 6.45) is 1.95. The first kappa shape index (κ1) is 12.7. The van der Waals surface area contributed by atoms with Crippen LogP contribution in [-0.4, -0.2) is 9.78 Å². The van der Waals surface area contributed by atoms with Crippen LogP contribution in [0.1, 0.15) is 35.7 Å². The lowest BCUT2D eigenvalue weighted by Gasteiger charge is -2.05. The molecule has 2 rings (SSSR count). The van der Waals surface area contributed by atoms with Crippen LogP contribution in [0.4, 0.5) is 0 Å². The van der Waals surface area contributed by atoms with Crippen LogP contribution in [0.3, 0.4) is 0 Å². The maximum atomic E-state index is 12.2. The van der Waals surface area contributed by atoms with Gasteiger partial charge in [-0.3, -0.25) is 9.89 Å². The van der Waals surface area contributed by atoms with E-state index in [-0.39, 0.29) is 5.56 Å². The van der Waals surface area contributed by atoms with Gasteiger partial charge in [0, 0.05) is 11.3 Å². The molecule has 0 amide bonds. The second-order valence-electron chi connectivity index (χ2n) is 4.87. The normalized spacial score (nSPS) is 10.9. The molecule has 0 saturated heterocycles. The minimum atomic E-state index is 0.0571. The van der Waals surface area contributed by atoms with E-state index in [1.54, 1.807) is 4.68 Å². The van der Waals surface area contributed by atoms with Crippen LogP contribution in [0.2, 0.25) is 0 Å². The molecule has 1 heterocycles. The fourth-order valence-electron chi connectivity index (χ4n) is 2.11. The molecule has 0 spiro atoms. The molecule has 0 unspecified atom stereocenters. The van der Waals surface area contributed by atoms with Crippen molar-refractivity contribution in [3.05, 3.63) is 50.9 Å². The number of aromatic amines is 1. The third-order valence-corrected chi connectivity index (χ3v) is 3.47. The Hall–Kier alpha value is -1.77. The van der Waals surface area contributed by atoms with Gasteiger partial charge in [0.25, 0.3) is 5.56 Å². The number of rotatable bonds is 3. The first-order valence-electron chi connectivity index (χ1n) is 6.42. The summed E-state index contributed by atoms with van der Waals surface area (Å²) < 4.78 is 1.65. The zero-order chi connectivity index (χ0) is 13.3. The SMILES string of the molecule is CCCc1[nH]n(-c2ccc(C)c(C)c2)c(=O)c1C. The average Bonchev–Trinajstić information content (AvgIpc) is 2.62. The topological polar surface area (TPSA) is 37.8 Å². The molecule has 0 aliphatic rings. The van der Waals surface area contributed by atoms with Gasteiger partial charge in [-0.05, 0) is 50.5 Å². The minimum absolute atomic E-state index is 0.0571. The molecule has 96 valence electrons. The van der Waals surface area contributed by atoms with E-state index in [1.165, 1.54) is 11.1 Å². The van der Waals surface area contributed by atoms with Gasteiger partial charge in [0.05, 0.1) is 5.69 Å². The van der Waals surface area contributed by atoms with E-state index in [2.05, 4.69) is 25.9 Å². The molecule has 0 radical (unpaired) electrons. The number of aromatic nitrogens is 2. The van der Waals surface area contributed by atoms with Gasteiger partial charge in [-0.25, -0.2) is 4.68 Å². The van der Waals surface area contributed by atoms with Gasteiger partial charge >= 0.3 is 0 Å². The highest BCUT2D eigenvalue weighted by Crippen LogP contribution is 2.13. The fourth-order valence-corrected chi connectivity index (χ4v) is 2.11. The smallest absolute Gasteiger partial charge is 0.274 e. The Balaban J connectivity index is 2.54. The molecule has 2 aromatic rings. The molecule has 3 nitrogen and oxygen atoms in total. The third-order valence-electron chi connectivity index (χ3n) is 3.47. The number of nitrogens with zero attached hydrogens (tertiary/aromatic N) is 1. The molecule has 0 atom stereocenters. The van der Waals surface area contributed by atoms with Crippen molar-refractivity contribution in [2.24, 2.45) is 0 Å². The average molecular weight is 244 g/mol. The van der Waals surface area contributed by atoms with Crippen LogP contribution in [-0.2, 0) is 6.42 Å². The lowest BCUT2D eigenvalue weighted by molar-refractivity contribution is 0.792. The van der Waals surface area contributed by atoms with E-state index in [9.17, 15) is 4.79 Å². The van der Waals surface area contributed by atoms with Crippen molar-refractivity contribution >= 4 is 0 Å². The summed E-state index contributed by atoms with van der Waals surface area (Å²) in [5.74, 6) is 0. The second kappa shape index (κ2) is 4.84. The fraction of sp³-hybridized carbons (Fsp3) is 0.400. The second-order valence-corrected chi connectivity index (χ2v) is 4.87. The molecule has 3 heteroatoms. The lowest BCUT2D eigenvalue weighted by Crippen LogP contribution is -2.15. The van der Waals surface area contributed by atoms with Crippen molar-refractivity contribution in [3.8, 4) is 5.69 Å². The molecule has 1 aromatic carbocycles. The molecule has 0 aliphatic heterocycles. The Morgan fingerprint density at radius 1 is 1.17 bits per heavy atom. The maximum absolute atomic E-state index is 12.2. The number of aryl methyl sites for hydroxylation is 3. The van der Waals surface area contributed by atoms with E-state index in [0.29, 0.717) is 0 Å². The van der Waals surface area contributed by atoms with Crippen molar-refractivity contribution in [1.82, 2.24) is 9.78 Å². The van der Waals surface area contributed by atoms with Gasteiger partial charge < -0.3 is 0 Å². The predicted molar refractivity (Wildman–Crippen MR) is 74.6 cm³/mol. The Bertz CT molecular complexity index is 620. The van der Waals surface area contributed by atoms with Crippen molar-refractivity contribution in [1.29, 1.82) is 0 Å². The highest BCUT2D eigenvalue weighted by Gasteiger charge is 2.10. The van der Waals surface area contributed by atoms with E-state index < -0.39 is 0 Å². The lowest BCUT2D eigenvalue weighted by atomic mass is 10.1. The van der Waals surface area contributed by atoms with E-state index in [4.69, 9.17) is 0 Å². The van der Waals surface area contributed by atoms with Gasteiger partial charge in [-0.2, -0.15) is 0 Å². The Labute approximate surface area is 107 Å². The molecule has 0 bridgehead atoms. The molecule has 1 aromatic heterocycles. The highest BCUT2D eigenvalue weighted by molar-refractivity contribution is 5.39. The Morgan fingerprint density at radius 2 is 1.89 bits per heavy atom. The largest absolute Gasteiger partial charge is 0.295 e. The molecule has 0 saturated carbocycles. The summed E-state index contributed by atoms with van der Waals surface area (Å²) in [4.78, 5) is 12.2. The van der Waals surface area contributed by atoms with Crippen LogP contribution >= 0.6 is 0 Å². The number of benzene rings is 1. The van der Waals surface area contributed by atoms with Crippen LogP contribution in [0.15, 0.2) is 23.0 Å². The van der Waals surface area contributed by atoms with Crippen molar-refractivity contribution in [3.63, 3.8) is 0 Å². The Morgan fingerprint density at radius 3 is 2.50 bits per heavy atom. The van der Waals surface area contributed by atoms with Crippen LogP contribution in [0, 0.1) is 20.8 Å². The zero-order valence-electron chi connectivity index (χ0n) is 11.5. The molecule has 1 N–H and O–H groups in total. The number of H-pyrrole nitrogens is 1. The van der Waals surface area contributed by atoms with Crippen molar-refractivity contribution in [2.45, 2.75) is 40.5 Å². The van der Waals surface area contributed by atoms with E-state index in [0.717, 1.165) is 29.8 Å². The number of nitrogens with one attached hydrogen (secondary N) is 1. The quantitative estimate of drug-likeness (QED) is 0.885. The maximum Gasteiger partial charge on any atom is 0.274 e. The van der Waals surface area contributed by atoms with Gasteiger partial charge in [0.15, 0.2) is 0 Å². The van der Waals surface area contributed by atoms with E-state index >= 15 is 0 Å². The summed E-state index contributed by atoms with van der Waals surface area (Å²) in [5.41, 5.74) is 5.28. The van der Waals surface area contributed by atoms with Gasteiger partial charge in [0.2, 0.25) is 0 Å². The molecule has 18 heavy (non-hydrogen) atoms. The molecular formula is C15H20N2O. The van der Waals surface area contributed by atoms with E-state index in [1.807, 2.05) is 25.1 Å². The molecular weight excluding hydrogens is 224 g/mol. The first-order chi connectivity index (χ1) is 8.54. The van der Waals surface area contributed by atoms with Gasteiger partial charge in [-0.15, -0.1) is 0 Å². The number of hydrogen-bond acceptors (Lipinski definition) is 1. The van der Waals surface area contributed by atoms with Crippen LogP contribution < -0.4 is 5.56 Å². The van der Waals surface area contributed by atoms with Crippen LogP contribution in [0.25, 0.3) is 5.69 Å². The zero-order valence-corrected chi connectivity index (χ0v) is 11.5.